The van der Waals surface area contributed by atoms with Crippen LogP contribution in [0.4, 0.5) is 0 Å². The van der Waals surface area contributed by atoms with E-state index in [-0.39, 0.29) is 17.9 Å². The number of hydrogen-bond donors (Lipinski definition) is 2. The summed E-state index contributed by atoms with van der Waals surface area (Å²) in [6, 6.07) is 7.66. The lowest BCUT2D eigenvalue weighted by Gasteiger charge is -2.17. The smallest absolute Gasteiger partial charge is 0.253 e. The van der Waals surface area contributed by atoms with Gasteiger partial charge in [0.2, 0.25) is 5.91 Å². The van der Waals surface area contributed by atoms with Gasteiger partial charge in [0.25, 0.3) is 5.91 Å². The van der Waals surface area contributed by atoms with Gasteiger partial charge in [-0.2, -0.15) is 0 Å². The molecule has 108 valence electrons. The van der Waals surface area contributed by atoms with Crippen molar-refractivity contribution >= 4 is 11.8 Å². The predicted octanol–water partition coefficient (Wildman–Crippen LogP) is 0.538. The van der Waals surface area contributed by atoms with Gasteiger partial charge in [0.15, 0.2) is 0 Å². The molecular formula is C15H21N3O2. The van der Waals surface area contributed by atoms with Gasteiger partial charge >= 0.3 is 0 Å². The zero-order chi connectivity index (χ0) is 14.5. The van der Waals surface area contributed by atoms with Crippen LogP contribution in [-0.2, 0) is 11.2 Å². The number of carbonyl (C=O) groups is 2. The van der Waals surface area contributed by atoms with Crippen LogP contribution in [0.1, 0.15) is 29.3 Å². The van der Waals surface area contributed by atoms with Crippen LogP contribution in [0.25, 0.3) is 0 Å². The van der Waals surface area contributed by atoms with E-state index in [0.29, 0.717) is 25.2 Å². The van der Waals surface area contributed by atoms with Crippen LogP contribution in [0.3, 0.4) is 0 Å². The molecule has 1 heterocycles. The Hall–Kier alpha value is -1.88. The molecule has 1 aromatic carbocycles. The molecule has 1 fully saturated rings. The first-order valence-electron chi connectivity index (χ1n) is 6.95. The molecule has 1 aliphatic heterocycles. The quantitative estimate of drug-likeness (QED) is 0.842. The highest BCUT2D eigenvalue weighted by molar-refractivity contribution is 5.94. The minimum absolute atomic E-state index is 0.0251. The van der Waals surface area contributed by atoms with E-state index >= 15 is 0 Å². The number of benzene rings is 1. The van der Waals surface area contributed by atoms with Crippen molar-refractivity contribution in [2.24, 2.45) is 5.73 Å². The van der Waals surface area contributed by atoms with Crippen molar-refractivity contribution in [3.05, 3.63) is 35.4 Å². The molecule has 1 aromatic rings. The van der Waals surface area contributed by atoms with Gasteiger partial charge in [0.1, 0.15) is 0 Å². The Morgan fingerprint density at radius 3 is 2.65 bits per heavy atom. The van der Waals surface area contributed by atoms with Crippen LogP contribution in [0.5, 0.6) is 0 Å². The highest BCUT2D eigenvalue weighted by atomic mass is 16.2. The lowest BCUT2D eigenvalue weighted by atomic mass is 10.1. The van der Waals surface area contributed by atoms with E-state index in [1.807, 2.05) is 24.3 Å². The fraction of sp³-hybridized carbons (Fsp3) is 0.467. The molecule has 3 N–H and O–H groups in total. The number of carbonyl (C=O) groups excluding carboxylic acids is 2. The fourth-order valence-electron chi connectivity index (χ4n) is 2.51. The van der Waals surface area contributed by atoms with E-state index in [4.69, 9.17) is 5.73 Å². The second kappa shape index (κ2) is 6.52. The maximum absolute atomic E-state index is 12.3. The van der Waals surface area contributed by atoms with Crippen LogP contribution in [0.15, 0.2) is 24.3 Å². The van der Waals surface area contributed by atoms with Gasteiger partial charge in [-0.25, -0.2) is 0 Å². The van der Waals surface area contributed by atoms with Gasteiger partial charge < -0.3 is 16.0 Å². The molecule has 1 atom stereocenters. The molecular weight excluding hydrogens is 254 g/mol. The van der Waals surface area contributed by atoms with Crippen LogP contribution >= 0.6 is 0 Å². The van der Waals surface area contributed by atoms with Crippen molar-refractivity contribution in [3.63, 3.8) is 0 Å². The summed E-state index contributed by atoms with van der Waals surface area (Å²) < 4.78 is 0. The summed E-state index contributed by atoms with van der Waals surface area (Å²) in [7, 11) is 0. The Morgan fingerprint density at radius 1 is 1.35 bits per heavy atom. The van der Waals surface area contributed by atoms with Gasteiger partial charge in [0.05, 0.1) is 0 Å². The first kappa shape index (κ1) is 14.5. The molecule has 0 aliphatic carbocycles. The highest BCUT2D eigenvalue weighted by Gasteiger charge is 2.27. The second-order valence-corrected chi connectivity index (χ2v) is 5.17. The summed E-state index contributed by atoms with van der Waals surface area (Å²) in [5, 5.41) is 2.86. The van der Waals surface area contributed by atoms with Crippen molar-refractivity contribution < 1.29 is 9.59 Å². The van der Waals surface area contributed by atoms with E-state index in [1.165, 1.54) is 6.92 Å². The molecule has 0 radical (unpaired) electrons. The van der Waals surface area contributed by atoms with Crippen molar-refractivity contribution in [1.29, 1.82) is 0 Å². The van der Waals surface area contributed by atoms with E-state index < -0.39 is 0 Å². The minimum atomic E-state index is -0.0459. The molecule has 5 heteroatoms. The number of nitrogens with two attached hydrogens (primary N) is 1. The van der Waals surface area contributed by atoms with Crippen molar-refractivity contribution in [1.82, 2.24) is 10.2 Å². The number of amides is 2. The molecule has 1 aliphatic rings. The largest absolute Gasteiger partial charge is 0.352 e. The molecule has 0 saturated carbocycles. The number of likely N-dealkylation sites (tertiary alicyclic amines) is 1. The highest BCUT2D eigenvalue weighted by Crippen LogP contribution is 2.14. The summed E-state index contributed by atoms with van der Waals surface area (Å²) in [6.45, 7) is 3.38. The van der Waals surface area contributed by atoms with Gasteiger partial charge in [-0.05, 0) is 37.1 Å². The third kappa shape index (κ3) is 3.57. The molecule has 5 nitrogen and oxygen atoms in total. The maximum atomic E-state index is 12.3. The van der Waals surface area contributed by atoms with Gasteiger partial charge in [-0.1, -0.05) is 12.1 Å². The number of nitrogens with one attached hydrogen (secondary N) is 1. The molecule has 0 spiro atoms. The molecule has 0 bridgehead atoms. The summed E-state index contributed by atoms with van der Waals surface area (Å²) in [6.07, 6.45) is 1.64. The SMILES string of the molecule is CC(=O)NC1CCN(C(=O)c2ccc(CCN)cc2)C1. The maximum Gasteiger partial charge on any atom is 0.253 e. The Kier molecular flexibility index (Phi) is 4.74. The first-order valence-corrected chi connectivity index (χ1v) is 6.95. The molecule has 0 aromatic heterocycles. The third-order valence-corrected chi connectivity index (χ3v) is 3.52. The van der Waals surface area contributed by atoms with Crippen molar-refractivity contribution in [2.45, 2.75) is 25.8 Å². The first-order chi connectivity index (χ1) is 9.60. The van der Waals surface area contributed by atoms with E-state index in [0.717, 1.165) is 18.4 Å². The van der Waals surface area contributed by atoms with Gasteiger partial charge in [-0.3, -0.25) is 9.59 Å². The fourth-order valence-corrected chi connectivity index (χ4v) is 2.51. The number of rotatable bonds is 4. The van der Waals surface area contributed by atoms with E-state index in [1.54, 1.807) is 4.90 Å². The zero-order valence-corrected chi connectivity index (χ0v) is 11.8. The monoisotopic (exact) mass is 275 g/mol. The van der Waals surface area contributed by atoms with Crippen LogP contribution in [-0.4, -0.2) is 42.4 Å². The number of hydrogen-bond acceptors (Lipinski definition) is 3. The zero-order valence-electron chi connectivity index (χ0n) is 11.8. The van der Waals surface area contributed by atoms with Crippen LogP contribution in [0.2, 0.25) is 0 Å². The van der Waals surface area contributed by atoms with Crippen molar-refractivity contribution in [3.8, 4) is 0 Å². The minimum Gasteiger partial charge on any atom is -0.352 e. The van der Waals surface area contributed by atoms with Gasteiger partial charge in [-0.15, -0.1) is 0 Å². The van der Waals surface area contributed by atoms with Crippen LogP contribution < -0.4 is 11.1 Å². The Bertz CT molecular complexity index is 484. The third-order valence-electron chi connectivity index (χ3n) is 3.52. The Morgan fingerprint density at radius 2 is 2.05 bits per heavy atom. The van der Waals surface area contributed by atoms with Crippen LogP contribution in [0, 0.1) is 0 Å². The normalized spacial score (nSPS) is 18.1. The summed E-state index contributed by atoms with van der Waals surface area (Å²) >= 11 is 0. The predicted molar refractivity (Wildman–Crippen MR) is 77.3 cm³/mol. The average Bonchev–Trinajstić information content (AvgIpc) is 2.87. The average molecular weight is 275 g/mol. The second-order valence-electron chi connectivity index (χ2n) is 5.17. The Labute approximate surface area is 119 Å². The molecule has 20 heavy (non-hydrogen) atoms. The topological polar surface area (TPSA) is 75.4 Å². The summed E-state index contributed by atoms with van der Waals surface area (Å²) in [5.41, 5.74) is 7.33. The standard InChI is InChI=1S/C15H21N3O2/c1-11(19)17-14-7-9-18(10-14)15(20)13-4-2-12(3-5-13)6-8-16/h2-5,14H,6-10,16H2,1H3,(H,17,19). The molecule has 2 amide bonds. The van der Waals surface area contributed by atoms with E-state index in [2.05, 4.69) is 5.32 Å². The van der Waals surface area contributed by atoms with E-state index in [9.17, 15) is 9.59 Å². The summed E-state index contributed by atoms with van der Waals surface area (Å²) in [5.74, 6) is -0.0208. The molecule has 2 rings (SSSR count). The van der Waals surface area contributed by atoms with Gasteiger partial charge in [0, 0.05) is 31.6 Å². The summed E-state index contributed by atoms with van der Waals surface area (Å²) in [4.78, 5) is 25.1. The molecule has 1 unspecified atom stereocenters. The lowest BCUT2D eigenvalue weighted by molar-refractivity contribution is -0.119. The Balaban J connectivity index is 1.96. The molecule has 1 saturated heterocycles. The number of nitrogens with zero attached hydrogens (tertiary/aromatic N) is 1. The van der Waals surface area contributed by atoms with Crippen molar-refractivity contribution in [2.75, 3.05) is 19.6 Å². The lowest BCUT2D eigenvalue weighted by Crippen LogP contribution is -2.37.